The van der Waals surface area contributed by atoms with Gasteiger partial charge in [0, 0.05) is 19.6 Å². The summed E-state index contributed by atoms with van der Waals surface area (Å²) >= 11 is 0. The highest BCUT2D eigenvalue weighted by atomic mass is 16.2. The third-order valence-corrected chi connectivity index (χ3v) is 4.15. The van der Waals surface area contributed by atoms with Crippen LogP contribution in [0.15, 0.2) is 12.7 Å². The molecule has 0 aromatic rings. The predicted octanol–water partition coefficient (Wildman–Crippen LogP) is 0.363. The van der Waals surface area contributed by atoms with E-state index in [-0.39, 0.29) is 11.9 Å². The monoisotopic (exact) mass is 237 g/mol. The molecule has 2 heterocycles. The van der Waals surface area contributed by atoms with E-state index < -0.39 is 0 Å². The molecule has 0 radical (unpaired) electrons. The average molecular weight is 237 g/mol. The minimum absolute atomic E-state index is 0.0186. The van der Waals surface area contributed by atoms with Crippen LogP contribution in [0.4, 0.5) is 0 Å². The van der Waals surface area contributed by atoms with Gasteiger partial charge < -0.3 is 10.6 Å². The number of nitrogens with one attached hydrogen (secondary N) is 2. The first kappa shape index (κ1) is 12.6. The van der Waals surface area contributed by atoms with E-state index in [1.165, 1.54) is 12.8 Å². The second kappa shape index (κ2) is 5.19. The maximum Gasteiger partial charge on any atom is 0.237 e. The highest BCUT2D eigenvalue weighted by Crippen LogP contribution is 2.36. The Morgan fingerprint density at radius 1 is 1.65 bits per heavy atom. The Morgan fingerprint density at radius 2 is 2.47 bits per heavy atom. The Hall–Kier alpha value is -0.870. The van der Waals surface area contributed by atoms with Crippen LogP contribution in [0.1, 0.15) is 19.8 Å². The Bertz CT molecular complexity index is 297. The fourth-order valence-electron chi connectivity index (χ4n) is 2.93. The van der Waals surface area contributed by atoms with Gasteiger partial charge in [-0.15, -0.1) is 6.58 Å². The number of likely N-dealkylation sites (tertiary alicyclic amines) is 1. The lowest BCUT2D eigenvalue weighted by Gasteiger charge is -2.26. The molecule has 2 atom stereocenters. The molecule has 4 nitrogen and oxygen atoms in total. The largest absolute Gasteiger partial charge is 0.351 e. The van der Waals surface area contributed by atoms with Crippen molar-refractivity contribution in [3.8, 4) is 0 Å². The zero-order valence-corrected chi connectivity index (χ0v) is 10.7. The van der Waals surface area contributed by atoms with Crippen LogP contribution in [0.2, 0.25) is 0 Å². The van der Waals surface area contributed by atoms with Crippen molar-refractivity contribution in [3.63, 3.8) is 0 Å². The van der Waals surface area contributed by atoms with Gasteiger partial charge in [0.1, 0.15) is 0 Å². The quantitative estimate of drug-likeness (QED) is 0.694. The lowest BCUT2D eigenvalue weighted by molar-refractivity contribution is -0.125. The molecule has 96 valence electrons. The Labute approximate surface area is 103 Å². The van der Waals surface area contributed by atoms with Crippen LogP contribution in [0, 0.1) is 5.41 Å². The van der Waals surface area contributed by atoms with Gasteiger partial charge in [-0.3, -0.25) is 9.69 Å². The standard InChI is InChI=1S/C13H23N3O/c1-3-6-15-12(17)11(2)16-8-5-13(10-16)4-7-14-9-13/h3,11,14H,1,4-10H2,2H3,(H,15,17). The molecule has 0 aromatic carbocycles. The van der Waals surface area contributed by atoms with Gasteiger partial charge in [0.25, 0.3) is 0 Å². The van der Waals surface area contributed by atoms with E-state index >= 15 is 0 Å². The van der Waals surface area contributed by atoms with Crippen molar-refractivity contribution in [2.75, 3.05) is 32.7 Å². The molecule has 2 N–H and O–H groups in total. The van der Waals surface area contributed by atoms with Gasteiger partial charge in [0.2, 0.25) is 5.91 Å². The molecule has 0 saturated carbocycles. The molecule has 17 heavy (non-hydrogen) atoms. The summed E-state index contributed by atoms with van der Waals surface area (Å²) in [5.41, 5.74) is 0.437. The van der Waals surface area contributed by atoms with Crippen LogP contribution >= 0.6 is 0 Å². The molecule has 2 aliphatic heterocycles. The molecule has 2 unspecified atom stereocenters. The molecular formula is C13H23N3O. The van der Waals surface area contributed by atoms with Crippen molar-refractivity contribution < 1.29 is 4.79 Å². The highest BCUT2D eigenvalue weighted by molar-refractivity contribution is 5.81. The summed E-state index contributed by atoms with van der Waals surface area (Å²) in [6, 6.07) is -0.0186. The minimum atomic E-state index is -0.0186. The molecule has 2 saturated heterocycles. The minimum Gasteiger partial charge on any atom is -0.351 e. The Kier molecular flexibility index (Phi) is 3.84. The second-order valence-corrected chi connectivity index (χ2v) is 5.36. The molecule has 4 heteroatoms. The van der Waals surface area contributed by atoms with Gasteiger partial charge in [0.15, 0.2) is 0 Å². The third-order valence-electron chi connectivity index (χ3n) is 4.15. The van der Waals surface area contributed by atoms with Crippen LogP contribution in [0.25, 0.3) is 0 Å². The predicted molar refractivity (Wildman–Crippen MR) is 68.8 cm³/mol. The van der Waals surface area contributed by atoms with E-state index in [0.29, 0.717) is 12.0 Å². The second-order valence-electron chi connectivity index (χ2n) is 5.36. The number of amides is 1. The number of hydrogen-bond acceptors (Lipinski definition) is 3. The molecule has 0 aliphatic carbocycles. The fourth-order valence-corrected chi connectivity index (χ4v) is 2.93. The first-order valence-electron chi connectivity index (χ1n) is 6.50. The summed E-state index contributed by atoms with van der Waals surface area (Å²) in [6.07, 6.45) is 4.19. The van der Waals surface area contributed by atoms with Crippen LogP contribution in [0.5, 0.6) is 0 Å². The molecule has 1 spiro atoms. The summed E-state index contributed by atoms with van der Waals surface area (Å²) in [6.45, 7) is 10.5. The smallest absolute Gasteiger partial charge is 0.237 e. The van der Waals surface area contributed by atoms with E-state index in [1.807, 2.05) is 6.92 Å². The number of nitrogens with zero attached hydrogens (tertiary/aromatic N) is 1. The normalized spacial score (nSPS) is 30.6. The van der Waals surface area contributed by atoms with Gasteiger partial charge >= 0.3 is 0 Å². The van der Waals surface area contributed by atoms with Crippen LogP contribution < -0.4 is 10.6 Å². The average Bonchev–Trinajstić information content (AvgIpc) is 2.96. The van der Waals surface area contributed by atoms with Gasteiger partial charge in [0.05, 0.1) is 6.04 Å². The SMILES string of the molecule is C=CCNC(=O)C(C)N1CCC2(CCNC2)C1. The topological polar surface area (TPSA) is 44.4 Å². The summed E-state index contributed by atoms with van der Waals surface area (Å²) in [5, 5.41) is 6.31. The van der Waals surface area contributed by atoms with Crippen molar-refractivity contribution >= 4 is 5.91 Å². The van der Waals surface area contributed by atoms with Gasteiger partial charge in [-0.25, -0.2) is 0 Å². The molecular weight excluding hydrogens is 214 g/mol. The third kappa shape index (κ3) is 2.69. The summed E-state index contributed by atoms with van der Waals surface area (Å²) in [4.78, 5) is 14.2. The van der Waals surface area contributed by atoms with Gasteiger partial charge in [-0.1, -0.05) is 6.08 Å². The molecule has 2 fully saturated rings. The number of hydrogen-bond donors (Lipinski definition) is 2. The molecule has 0 bridgehead atoms. The van der Waals surface area contributed by atoms with E-state index in [2.05, 4.69) is 22.1 Å². The number of carbonyl (C=O) groups excluding carboxylic acids is 1. The summed E-state index contributed by atoms with van der Waals surface area (Å²) in [5.74, 6) is 0.118. The van der Waals surface area contributed by atoms with E-state index in [9.17, 15) is 4.79 Å². The van der Waals surface area contributed by atoms with Crippen molar-refractivity contribution in [1.82, 2.24) is 15.5 Å². The zero-order valence-electron chi connectivity index (χ0n) is 10.7. The molecule has 0 aromatic heterocycles. The van der Waals surface area contributed by atoms with Crippen molar-refractivity contribution in [3.05, 3.63) is 12.7 Å². The van der Waals surface area contributed by atoms with E-state index in [1.54, 1.807) is 6.08 Å². The Morgan fingerprint density at radius 3 is 3.12 bits per heavy atom. The summed E-state index contributed by atoms with van der Waals surface area (Å²) < 4.78 is 0. The fraction of sp³-hybridized carbons (Fsp3) is 0.769. The van der Waals surface area contributed by atoms with Crippen molar-refractivity contribution in [2.45, 2.75) is 25.8 Å². The van der Waals surface area contributed by atoms with Gasteiger partial charge in [-0.2, -0.15) is 0 Å². The zero-order chi connectivity index (χ0) is 12.3. The van der Waals surface area contributed by atoms with E-state index in [4.69, 9.17) is 0 Å². The lowest BCUT2D eigenvalue weighted by atomic mass is 9.86. The van der Waals surface area contributed by atoms with E-state index in [0.717, 1.165) is 26.2 Å². The number of carbonyl (C=O) groups is 1. The van der Waals surface area contributed by atoms with Crippen LogP contribution in [-0.4, -0.2) is 49.6 Å². The van der Waals surface area contributed by atoms with Crippen molar-refractivity contribution in [2.24, 2.45) is 5.41 Å². The van der Waals surface area contributed by atoms with Crippen molar-refractivity contribution in [1.29, 1.82) is 0 Å². The molecule has 2 aliphatic rings. The van der Waals surface area contributed by atoms with Crippen LogP contribution in [-0.2, 0) is 4.79 Å². The van der Waals surface area contributed by atoms with Gasteiger partial charge in [-0.05, 0) is 38.3 Å². The number of rotatable bonds is 4. The molecule has 1 amide bonds. The maximum absolute atomic E-state index is 11.9. The maximum atomic E-state index is 11.9. The molecule has 2 rings (SSSR count). The first-order valence-corrected chi connectivity index (χ1v) is 6.50. The first-order chi connectivity index (χ1) is 8.17. The Balaban J connectivity index is 1.86. The summed E-state index contributed by atoms with van der Waals surface area (Å²) in [7, 11) is 0. The highest BCUT2D eigenvalue weighted by Gasteiger charge is 2.42. The lowest BCUT2D eigenvalue weighted by Crippen LogP contribution is -2.45. The van der Waals surface area contributed by atoms with Crippen LogP contribution in [0.3, 0.4) is 0 Å².